The summed E-state index contributed by atoms with van der Waals surface area (Å²) in [4.78, 5) is 5.23. The topological polar surface area (TPSA) is 18.5 Å². The molecule has 0 saturated carbocycles. The van der Waals surface area contributed by atoms with Crippen LogP contribution >= 0.6 is 0 Å². The van der Waals surface area contributed by atoms with E-state index >= 15 is 0 Å². The van der Waals surface area contributed by atoms with Crippen LogP contribution in [0.25, 0.3) is 0 Å². The van der Waals surface area contributed by atoms with E-state index in [1.165, 1.54) is 32.6 Å². The molecular formula is C15H33N3. The van der Waals surface area contributed by atoms with Crippen molar-refractivity contribution in [1.82, 2.24) is 15.1 Å². The number of nitrogens with one attached hydrogen (secondary N) is 1. The Kier molecular flexibility index (Phi) is 6.09. The Morgan fingerprint density at radius 3 is 2.06 bits per heavy atom. The number of hydrogen-bond donors (Lipinski definition) is 1. The molecule has 0 amide bonds. The van der Waals surface area contributed by atoms with Gasteiger partial charge in [0.05, 0.1) is 0 Å². The molecule has 1 fully saturated rings. The molecule has 0 aliphatic carbocycles. The van der Waals surface area contributed by atoms with E-state index in [2.05, 4.69) is 56.7 Å². The van der Waals surface area contributed by atoms with E-state index in [0.29, 0.717) is 17.6 Å². The summed E-state index contributed by atoms with van der Waals surface area (Å²) in [6.07, 6.45) is 1.22. The van der Waals surface area contributed by atoms with Crippen LogP contribution in [0.2, 0.25) is 0 Å². The van der Waals surface area contributed by atoms with Gasteiger partial charge in [-0.25, -0.2) is 0 Å². The lowest BCUT2D eigenvalue weighted by Gasteiger charge is -2.45. The first-order valence-corrected chi connectivity index (χ1v) is 7.58. The van der Waals surface area contributed by atoms with Crippen LogP contribution < -0.4 is 5.32 Å². The average Bonchev–Trinajstić information content (AvgIpc) is 2.34. The molecular weight excluding hydrogens is 222 g/mol. The monoisotopic (exact) mass is 255 g/mol. The molecule has 2 unspecified atom stereocenters. The minimum absolute atomic E-state index is 0.321. The van der Waals surface area contributed by atoms with E-state index in [0.717, 1.165) is 6.54 Å². The maximum Gasteiger partial charge on any atom is 0.0219 e. The highest BCUT2D eigenvalue weighted by Gasteiger charge is 2.28. The fourth-order valence-corrected chi connectivity index (χ4v) is 2.66. The van der Waals surface area contributed by atoms with Crippen molar-refractivity contribution in [3.05, 3.63) is 0 Å². The van der Waals surface area contributed by atoms with Gasteiger partial charge in [-0.2, -0.15) is 0 Å². The highest BCUT2D eigenvalue weighted by molar-refractivity contribution is 4.86. The summed E-state index contributed by atoms with van der Waals surface area (Å²) in [6.45, 7) is 19.8. The zero-order valence-electron chi connectivity index (χ0n) is 13.3. The number of nitrogens with zero attached hydrogens (tertiary/aromatic N) is 2. The van der Waals surface area contributed by atoms with Gasteiger partial charge in [0, 0.05) is 43.8 Å². The van der Waals surface area contributed by atoms with E-state index in [-0.39, 0.29) is 0 Å². The SMILES string of the molecule is CCCNC(C)C(C)N1CCN(C(C)(C)C)CC1. The van der Waals surface area contributed by atoms with Gasteiger partial charge in [-0.05, 0) is 47.6 Å². The summed E-state index contributed by atoms with van der Waals surface area (Å²) in [6, 6.07) is 1.23. The molecule has 18 heavy (non-hydrogen) atoms. The zero-order valence-corrected chi connectivity index (χ0v) is 13.3. The molecule has 0 radical (unpaired) electrons. The maximum atomic E-state index is 3.62. The van der Waals surface area contributed by atoms with E-state index in [1.54, 1.807) is 0 Å². The van der Waals surface area contributed by atoms with Crippen LogP contribution in [-0.4, -0.2) is 60.1 Å². The highest BCUT2D eigenvalue weighted by atomic mass is 15.3. The first-order chi connectivity index (χ1) is 8.36. The third kappa shape index (κ3) is 4.52. The molecule has 1 heterocycles. The second kappa shape index (κ2) is 6.88. The largest absolute Gasteiger partial charge is 0.313 e. The van der Waals surface area contributed by atoms with Gasteiger partial charge in [-0.1, -0.05) is 6.92 Å². The molecule has 3 heteroatoms. The van der Waals surface area contributed by atoms with E-state index in [9.17, 15) is 0 Å². The van der Waals surface area contributed by atoms with Crippen molar-refractivity contribution in [2.45, 2.75) is 65.6 Å². The fourth-order valence-electron chi connectivity index (χ4n) is 2.66. The summed E-state index contributed by atoms with van der Waals surface area (Å²) in [5.74, 6) is 0. The van der Waals surface area contributed by atoms with Crippen LogP contribution in [0.3, 0.4) is 0 Å². The Bertz CT molecular complexity index is 226. The predicted molar refractivity (Wildman–Crippen MR) is 80.1 cm³/mol. The Hall–Kier alpha value is -0.120. The van der Waals surface area contributed by atoms with Crippen LogP contribution in [-0.2, 0) is 0 Å². The van der Waals surface area contributed by atoms with Gasteiger partial charge in [0.25, 0.3) is 0 Å². The summed E-state index contributed by atoms with van der Waals surface area (Å²) >= 11 is 0. The fraction of sp³-hybridized carbons (Fsp3) is 1.00. The normalized spacial score (nSPS) is 23.0. The molecule has 1 aliphatic heterocycles. The average molecular weight is 255 g/mol. The summed E-state index contributed by atoms with van der Waals surface area (Å²) < 4.78 is 0. The summed E-state index contributed by atoms with van der Waals surface area (Å²) in [5.41, 5.74) is 0.321. The molecule has 1 saturated heterocycles. The van der Waals surface area contributed by atoms with Crippen molar-refractivity contribution in [1.29, 1.82) is 0 Å². The zero-order chi connectivity index (χ0) is 13.8. The standard InChI is InChI=1S/C15H33N3/c1-7-8-16-13(2)14(3)17-9-11-18(12-10-17)15(4,5)6/h13-14,16H,7-12H2,1-6H3. The molecule has 1 N–H and O–H groups in total. The van der Waals surface area contributed by atoms with Crippen LogP contribution in [0.1, 0.15) is 48.0 Å². The number of rotatable bonds is 5. The van der Waals surface area contributed by atoms with Crippen LogP contribution in [0, 0.1) is 0 Å². The maximum absolute atomic E-state index is 3.62. The van der Waals surface area contributed by atoms with Crippen molar-refractivity contribution in [2.24, 2.45) is 0 Å². The highest BCUT2D eigenvalue weighted by Crippen LogP contribution is 2.17. The molecule has 0 aromatic rings. The van der Waals surface area contributed by atoms with Crippen molar-refractivity contribution < 1.29 is 0 Å². The van der Waals surface area contributed by atoms with Crippen molar-refractivity contribution in [2.75, 3.05) is 32.7 Å². The molecule has 1 rings (SSSR count). The molecule has 2 atom stereocenters. The van der Waals surface area contributed by atoms with Gasteiger partial charge in [-0.15, -0.1) is 0 Å². The number of hydrogen-bond acceptors (Lipinski definition) is 3. The second-order valence-electron chi connectivity index (χ2n) is 6.68. The van der Waals surface area contributed by atoms with Crippen molar-refractivity contribution in [3.8, 4) is 0 Å². The molecule has 108 valence electrons. The first-order valence-electron chi connectivity index (χ1n) is 7.58. The Balaban J connectivity index is 2.38. The van der Waals surface area contributed by atoms with E-state index in [1.807, 2.05) is 0 Å². The Morgan fingerprint density at radius 1 is 1.06 bits per heavy atom. The van der Waals surface area contributed by atoms with Crippen LogP contribution in [0.15, 0.2) is 0 Å². The lowest BCUT2D eigenvalue weighted by atomic mass is 10.0. The van der Waals surface area contributed by atoms with Crippen LogP contribution in [0.4, 0.5) is 0 Å². The smallest absolute Gasteiger partial charge is 0.0219 e. The predicted octanol–water partition coefficient (Wildman–Crippen LogP) is 2.18. The second-order valence-corrected chi connectivity index (χ2v) is 6.68. The Morgan fingerprint density at radius 2 is 1.61 bits per heavy atom. The minimum Gasteiger partial charge on any atom is -0.313 e. The van der Waals surface area contributed by atoms with Crippen molar-refractivity contribution >= 4 is 0 Å². The lowest BCUT2D eigenvalue weighted by Crippen LogP contribution is -2.58. The van der Waals surface area contributed by atoms with E-state index < -0.39 is 0 Å². The molecule has 0 bridgehead atoms. The number of piperazine rings is 1. The van der Waals surface area contributed by atoms with Crippen LogP contribution in [0.5, 0.6) is 0 Å². The third-order valence-electron chi connectivity index (χ3n) is 4.28. The molecule has 1 aliphatic rings. The van der Waals surface area contributed by atoms with Crippen molar-refractivity contribution in [3.63, 3.8) is 0 Å². The lowest BCUT2D eigenvalue weighted by molar-refractivity contribution is 0.0386. The summed E-state index contributed by atoms with van der Waals surface area (Å²) in [7, 11) is 0. The third-order valence-corrected chi connectivity index (χ3v) is 4.28. The molecule has 0 spiro atoms. The first kappa shape index (κ1) is 15.9. The quantitative estimate of drug-likeness (QED) is 0.812. The van der Waals surface area contributed by atoms with Gasteiger partial charge in [0.2, 0.25) is 0 Å². The molecule has 0 aromatic carbocycles. The van der Waals surface area contributed by atoms with E-state index in [4.69, 9.17) is 0 Å². The van der Waals surface area contributed by atoms with Gasteiger partial charge in [0.1, 0.15) is 0 Å². The minimum atomic E-state index is 0.321. The Labute approximate surface area is 114 Å². The van der Waals surface area contributed by atoms with Gasteiger partial charge < -0.3 is 5.32 Å². The van der Waals surface area contributed by atoms with Gasteiger partial charge in [-0.3, -0.25) is 9.80 Å². The summed E-state index contributed by atoms with van der Waals surface area (Å²) in [5, 5.41) is 3.62. The molecule has 0 aromatic heterocycles. The van der Waals surface area contributed by atoms with Gasteiger partial charge in [0.15, 0.2) is 0 Å². The molecule has 3 nitrogen and oxygen atoms in total. The van der Waals surface area contributed by atoms with Gasteiger partial charge >= 0.3 is 0 Å².